The number of hydrogen-bond donors (Lipinski definition) is 4. The summed E-state index contributed by atoms with van der Waals surface area (Å²) in [5.74, 6) is -1.33. The van der Waals surface area contributed by atoms with E-state index in [4.69, 9.17) is 133 Å². The Labute approximate surface area is 627 Å². The molecule has 38 heteroatoms. The first kappa shape index (κ1) is 102. The number of hydrogen-bond acceptors (Lipinski definition) is 32. The highest BCUT2D eigenvalue weighted by Crippen LogP contribution is 2.12. The number of carbonyl (C=O) groups excluding carboxylic acids is 4. The van der Waals surface area contributed by atoms with E-state index in [1.165, 1.54) is 0 Å². The molecular weight excluding hydrogens is 1410 g/mol. The van der Waals surface area contributed by atoms with E-state index in [1.807, 2.05) is 0 Å². The molecule has 0 unspecified atom stereocenters. The van der Waals surface area contributed by atoms with E-state index in [-0.39, 0.29) is 135 Å². The average Bonchev–Trinajstić information content (AvgIpc) is 0.856. The predicted molar refractivity (Wildman–Crippen MR) is 382 cm³/mol. The summed E-state index contributed by atoms with van der Waals surface area (Å²) in [6.45, 7) is 19.6. The van der Waals surface area contributed by atoms with Crippen LogP contribution in [-0.4, -0.2) is 414 Å². The third-order valence-electron chi connectivity index (χ3n) is 13.4. The smallest absolute Gasteiger partial charge is 0.222 e. The molecule has 0 atom stereocenters. The van der Waals surface area contributed by atoms with Crippen LogP contribution in [0.4, 0.5) is 0 Å². The normalized spacial score (nSPS) is 11.6. The van der Waals surface area contributed by atoms with Crippen LogP contribution in [0.15, 0.2) is 5.11 Å². The fourth-order valence-electron chi connectivity index (χ4n) is 7.99. The van der Waals surface area contributed by atoms with Crippen molar-refractivity contribution in [1.29, 1.82) is 0 Å². The van der Waals surface area contributed by atoms with E-state index in [1.54, 1.807) is 21.3 Å². The van der Waals surface area contributed by atoms with Gasteiger partial charge in [-0.2, -0.15) is 0 Å². The second-order valence-corrected chi connectivity index (χ2v) is 22.2. The summed E-state index contributed by atoms with van der Waals surface area (Å²) in [7, 11) is 4.88. The van der Waals surface area contributed by atoms with Crippen LogP contribution in [0, 0.1) is 0 Å². The van der Waals surface area contributed by atoms with Gasteiger partial charge in [0.05, 0.1) is 337 Å². The molecule has 0 bridgehead atoms. The van der Waals surface area contributed by atoms with E-state index < -0.39 is 11.4 Å². The lowest BCUT2D eigenvalue weighted by Gasteiger charge is -2.34. The molecule has 0 heterocycles. The summed E-state index contributed by atoms with van der Waals surface area (Å²) in [6, 6.07) is 0. The van der Waals surface area contributed by atoms with Crippen LogP contribution in [0.2, 0.25) is 0 Å². The summed E-state index contributed by atoms with van der Waals surface area (Å²) in [5, 5.41) is 14.9. The summed E-state index contributed by atoms with van der Waals surface area (Å²) in [5.41, 5.74) is 7.44. The molecule has 4 amide bonds. The van der Waals surface area contributed by atoms with Gasteiger partial charge in [0.2, 0.25) is 23.6 Å². The Morgan fingerprint density at radius 1 is 0.255 bits per heavy atom. The standard InChI is InChI=1S/C68H133N7O31/c1-80-19-22-86-31-34-92-43-46-98-55-58-101-52-49-95-40-37-89-28-25-83-16-10-70-64(76)6-13-104-61-68(74-67(79)5-4-9-73-75-69,62-105-14-7-65(77)71-11-17-84-26-29-90-38-41-96-50-53-102-59-56-99-47-44-93-35-32-87-23-20-81-2)63-106-15-8-66(78)72-12-18-85-27-30-91-39-42-97-51-54-103-60-57-100-48-45-94-36-33-88-24-21-82-3/h4-63H2,1-3H3,(H,70,76)(H,71,77)(H,72,78)(H,74,79). The molecular formula is C68H133N7O31. The van der Waals surface area contributed by atoms with Crippen LogP contribution in [0.3, 0.4) is 0 Å². The second kappa shape index (κ2) is 88.3. The number of methoxy groups -OCH3 is 3. The van der Waals surface area contributed by atoms with Gasteiger partial charge in [0.15, 0.2) is 0 Å². The molecule has 0 aliphatic heterocycles. The number of carbonyl (C=O) groups is 4. The van der Waals surface area contributed by atoms with Crippen molar-refractivity contribution in [1.82, 2.24) is 21.3 Å². The largest absolute Gasteiger partial charge is 0.382 e. The van der Waals surface area contributed by atoms with Gasteiger partial charge in [-0.3, -0.25) is 19.2 Å². The van der Waals surface area contributed by atoms with E-state index in [0.29, 0.717) is 277 Å². The highest BCUT2D eigenvalue weighted by molar-refractivity contribution is 5.77. The number of azide groups is 1. The van der Waals surface area contributed by atoms with Crippen molar-refractivity contribution in [2.75, 3.05) is 384 Å². The SMILES string of the molecule is COCCOCCOCCOCCOCCOCCOCCOCCNC(=O)CCOCC(COCCC(=O)NCCOCCOCCOCCOCCOCCOCCOCCOC)(COCCC(=O)NCCOCCOCCOCCOCCOCCOCCOCCOC)NC(=O)CCCN=[N+]=[N-]. The molecule has 626 valence electrons. The Kier molecular flexibility index (Phi) is 85.1. The summed E-state index contributed by atoms with van der Waals surface area (Å²) in [4.78, 5) is 54.7. The molecule has 0 aromatic carbocycles. The highest BCUT2D eigenvalue weighted by atomic mass is 16.6. The van der Waals surface area contributed by atoms with Crippen molar-refractivity contribution in [3.63, 3.8) is 0 Å². The molecule has 0 aromatic rings. The molecule has 4 N–H and O–H groups in total. The van der Waals surface area contributed by atoms with Crippen molar-refractivity contribution >= 4 is 23.6 Å². The Hall–Kier alpha value is -3.89. The van der Waals surface area contributed by atoms with Gasteiger partial charge in [-0.05, 0) is 12.0 Å². The zero-order valence-electron chi connectivity index (χ0n) is 63.9. The molecule has 0 rings (SSSR count). The van der Waals surface area contributed by atoms with Gasteiger partial charge in [0, 0.05) is 78.1 Å². The van der Waals surface area contributed by atoms with E-state index in [2.05, 4.69) is 31.3 Å². The van der Waals surface area contributed by atoms with Crippen molar-refractivity contribution in [3.05, 3.63) is 10.4 Å². The Morgan fingerprint density at radius 2 is 0.443 bits per heavy atom. The molecule has 0 aromatic heterocycles. The maximum absolute atomic E-state index is 13.4. The maximum atomic E-state index is 13.4. The van der Waals surface area contributed by atoms with Crippen LogP contribution in [0.1, 0.15) is 32.1 Å². The summed E-state index contributed by atoms with van der Waals surface area (Å²) < 4.78 is 148. The van der Waals surface area contributed by atoms with Gasteiger partial charge in [-0.25, -0.2) is 0 Å². The molecule has 38 nitrogen and oxygen atoms in total. The first-order chi connectivity index (χ1) is 52.3. The van der Waals surface area contributed by atoms with Gasteiger partial charge in [-0.15, -0.1) is 0 Å². The minimum Gasteiger partial charge on any atom is -0.382 e. The Balaban J connectivity index is 4.84. The lowest BCUT2D eigenvalue weighted by Crippen LogP contribution is -2.58. The molecule has 0 radical (unpaired) electrons. The number of amides is 4. The van der Waals surface area contributed by atoms with Crippen LogP contribution in [0.5, 0.6) is 0 Å². The van der Waals surface area contributed by atoms with Gasteiger partial charge in [0.25, 0.3) is 0 Å². The molecule has 0 saturated carbocycles. The Morgan fingerprint density at radius 3 is 0.632 bits per heavy atom. The van der Waals surface area contributed by atoms with Gasteiger partial charge < -0.3 is 149 Å². The van der Waals surface area contributed by atoms with Crippen LogP contribution in [0.25, 0.3) is 10.4 Å². The van der Waals surface area contributed by atoms with Crippen molar-refractivity contribution in [2.24, 2.45) is 5.11 Å². The Bertz CT molecular complexity index is 1730. The minimum atomic E-state index is -1.35. The van der Waals surface area contributed by atoms with Crippen LogP contribution < -0.4 is 21.3 Å². The van der Waals surface area contributed by atoms with E-state index >= 15 is 0 Å². The predicted octanol–water partition coefficient (Wildman–Crippen LogP) is -0.212. The third kappa shape index (κ3) is 82.6. The number of ether oxygens (including phenoxy) is 27. The summed E-state index contributed by atoms with van der Waals surface area (Å²) in [6.07, 6.45) is 0.160. The van der Waals surface area contributed by atoms with Crippen molar-refractivity contribution in [3.8, 4) is 0 Å². The van der Waals surface area contributed by atoms with Crippen molar-refractivity contribution < 1.29 is 147 Å². The average molecular weight is 1540 g/mol. The molecule has 0 aliphatic carbocycles. The fourth-order valence-corrected chi connectivity index (χ4v) is 7.99. The number of rotatable bonds is 92. The third-order valence-corrected chi connectivity index (χ3v) is 13.4. The molecule has 0 spiro atoms. The zero-order chi connectivity index (χ0) is 76.6. The van der Waals surface area contributed by atoms with E-state index in [0.717, 1.165) is 0 Å². The molecule has 0 saturated heterocycles. The molecule has 106 heavy (non-hydrogen) atoms. The lowest BCUT2D eigenvalue weighted by molar-refractivity contribution is -0.130. The monoisotopic (exact) mass is 1540 g/mol. The molecule has 0 aliphatic rings. The number of nitrogens with one attached hydrogen (secondary N) is 4. The summed E-state index contributed by atoms with van der Waals surface area (Å²) >= 11 is 0. The quantitative estimate of drug-likeness (QED) is 0.0265. The van der Waals surface area contributed by atoms with Crippen LogP contribution >= 0.6 is 0 Å². The second-order valence-electron chi connectivity index (χ2n) is 22.2. The van der Waals surface area contributed by atoms with Crippen LogP contribution in [-0.2, 0) is 147 Å². The topological polar surface area (TPSA) is 414 Å². The maximum Gasteiger partial charge on any atom is 0.222 e. The van der Waals surface area contributed by atoms with Gasteiger partial charge >= 0.3 is 0 Å². The van der Waals surface area contributed by atoms with E-state index in [9.17, 15) is 19.2 Å². The fraction of sp³-hybridized carbons (Fsp3) is 0.941. The van der Waals surface area contributed by atoms with Gasteiger partial charge in [-0.1, -0.05) is 5.11 Å². The van der Waals surface area contributed by atoms with Crippen molar-refractivity contribution in [2.45, 2.75) is 37.6 Å². The first-order valence-corrected chi connectivity index (χ1v) is 36.8. The minimum absolute atomic E-state index is 0.0127. The zero-order valence-corrected chi connectivity index (χ0v) is 63.9. The molecule has 0 fully saturated rings. The highest BCUT2D eigenvalue weighted by Gasteiger charge is 2.34. The number of nitrogens with zero attached hydrogens (tertiary/aromatic N) is 3. The first-order valence-electron chi connectivity index (χ1n) is 36.8. The lowest BCUT2D eigenvalue weighted by atomic mass is 10.0. The van der Waals surface area contributed by atoms with Gasteiger partial charge in [0.1, 0.15) is 5.54 Å².